The lowest BCUT2D eigenvalue weighted by Gasteiger charge is -2.06. The van der Waals surface area contributed by atoms with Crippen LogP contribution in [0.3, 0.4) is 0 Å². The Balaban J connectivity index is 2.10. The molecule has 7 heteroatoms. The number of nitro groups is 1. The first kappa shape index (κ1) is 12.3. The fourth-order valence-electron chi connectivity index (χ4n) is 2.35. The highest BCUT2D eigenvalue weighted by atomic mass is 16.6. The van der Waals surface area contributed by atoms with Crippen LogP contribution in [0.15, 0.2) is 36.8 Å². The van der Waals surface area contributed by atoms with E-state index in [1.807, 2.05) is 29.8 Å². The van der Waals surface area contributed by atoms with E-state index < -0.39 is 0 Å². The van der Waals surface area contributed by atoms with Gasteiger partial charge in [-0.1, -0.05) is 12.1 Å². The number of hydrogen-bond acceptors (Lipinski definition) is 4. The highest BCUT2D eigenvalue weighted by molar-refractivity contribution is 5.88. The first-order valence-electron chi connectivity index (χ1n) is 6.29. The number of non-ortho nitro benzene ring substituents is 1. The SMILES string of the molecule is CCn1ncnc1Cn1ccc2cccc([N+](=O)[O-])c21. The summed E-state index contributed by atoms with van der Waals surface area (Å²) in [4.78, 5) is 15.0. The summed E-state index contributed by atoms with van der Waals surface area (Å²) in [7, 11) is 0. The maximum Gasteiger partial charge on any atom is 0.293 e. The van der Waals surface area contributed by atoms with E-state index in [9.17, 15) is 10.1 Å². The fourth-order valence-corrected chi connectivity index (χ4v) is 2.35. The Hall–Kier alpha value is -2.70. The molecule has 0 N–H and O–H groups in total. The van der Waals surface area contributed by atoms with Crippen molar-refractivity contribution < 1.29 is 4.92 Å². The predicted molar refractivity (Wildman–Crippen MR) is 73.4 cm³/mol. The Kier molecular flexibility index (Phi) is 2.94. The molecule has 0 atom stereocenters. The van der Waals surface area contributed by atoms with Gasteiger partial charge in [-0.15, -0.1) is 0 Å². The predicted octanol–water partition coefficient (Wildman–Crippen LogP) is 2.21. The molecule has 3 rings (SSSR count). The van der Waals surface area contributed by atoms with Gasteiger partial charge in [0.1, 0.15) is 17.7 Å². The van der Waals surface area contributed by atoms with Gasteiger partial charge in [0.15, 0.2) is 0 Å². The van der Waals surface area contributed by atoms with Crippen LogP contribution < -0.4 is 0 Å². The molecule has 0 amide bonds. The van der Waals surface area contributed by atoms with Crippen molar-refractivity contribution in [2.75, 3.05) is 0 Å². The second-order valence-electron chi connectivity index (χ2n) is 4.41. The molecule has 2 heterocycles. The van der Waals surface area contributed by atoms with Crippen LogP contribution in [0.4, 0.5) is 5.69 Å². The van der Waals surface area contributed by atoms with Crippen molar-refractivity contribution in [3.63, 3.8) is 0 Å². The van der Waals surface area contributed by atoms with Gasteiger partial charge in [-0.2, -0.15) is 5.10 Å². The molecule has 0 saturated heterocycles. The number of nitrogens with zero attached hydrogens (tertiary/aromatic N) is 5. The molecule has 102 valence electrons. The van der Waals surface area contributed by atoms with Crippen LogP contribution in [0.25, 0.3) is 10.9 Å². The normalized spacial score (nSPS) is 11.1. The quantitative estimate of drug-likeness (QED) is 0.538. The van der Waals surface area contributed by atoms with E-state index in [0.29, 0.717) is 12.1 Å². The molecule has 2 aromatic heterocycles. The Morgan fingerprint density at radius 1 is 1.35 bits per heavy atom. The van der Waals surface area contributed by atoms with Gasteiger partial charge in [0.25, 0.3) is 5.69 Å². The van der Waals surface area contributed by atoms with Crippen molar-refractivity contribution in [1.82, 2.24) is 19.3 Å². The number of fused-ring (bicyclic) bond motifs is 1. The molecule has 0 aliphatic heterocycles. The highest BCUT2D eigenvalue weighted by Gasteiger charge is 2.16. The number of hydrogen-bond donors (Lipinski definition) is 0. The van der Waals surface area contributed by atoms with Crippen LogP contribution in [-0.2, 0) is 13.1 Å². The minimum atomic E-state index is -0.358. The van der Waals surface area contributed by atoms with Crippen LogP contribution in [-0.4, -0.2) is 24.3 Å². The molecule has 1 aromatic carbocycles. The summed E-state index contributed by atoms with van der Waals surface area (Å²) < 4.78 is 3.62. The standard InChI is InChI=1S/C13H13N5O2/c1-2-17-12(14-9-15-17)8-16-7-6-10-4-3-5-11(13(10)16)18(19)20/h3-7,9H,2,8H2,1H3. The van der Waals surface area contributed by atoms with Gasteiger partial charge in [0, 0.05) is 24.2 Å². The summed E-state index contributed by atoms with van der Waals surface area (Å²) in [5.74, 6) is 0.781. The third-order valence-electron chi connectivity index (χ3n) is 3.27. The zero-order valence-electron chi connectivity index (χ0n) is 10.9. The number of benzene rings is 1. The van der Waals surface area contributed by atoms with Gasteiger partial charge >= 0.3 is 0 Å². The Labute approximate surface area is 114 Å². The summed E-state index contributed by atoms with van der Waals surface area (Å²) in [6.45, 7) is 3.16. The van der Waals surface area contributed by atoms with E-state index in [0.717, 1.165) is 17.8 Å². The average molecular weight is 271 g/mol. The summed E-state index contributed by atoms with van der Waals surface area (Å²) >= 11 is 0. The van der Waals surface area contributed by atoms with Crippen molar-refractivity contribution in [3.8, 4) is 0 Å². The average Bonchev–Trinajstić information content (AvgIpc) is 3.06. The monoisotopic (exact) mass is 271 g/mol. The van der Waals surface area contributed by atoms with Crippen LogP contribution in [0.2, 0.25) is 0 Å². The Bertz CT molecular complexity index is 774. The molecule has 0 fully saturated rings. The second kappa shape index (κ2) is 4.76. The van der Waals surface area contributed by atoms with Crippen molar-refractivity contribution in [3.05, 3.63) is 52.7 Å². The lowest BCUT2D eigenvalue weighted by Crippen LogP contribution is -2.09. The lowest BCUT2D eigenvalue weighted by atomic mass is 10.2. The van der Waals surface area contributed by atoms with Crippen molar-refractivity contribution in [1.29, 1.82) is 0 Å². The summed E-state index contributed by atoms with van der Waals surface area (Å²) in [5.41, 5.74) is 0.721. The minimum Gasteiger partial charge on any atom is -0.334 e. The zero-order chi connectivity index (χ0) is 14.1. The number of nitro benzene ring substituents is 1. The molecule has 0 aliphatic carbocycles. The van der Waals surface area contributed by atoms with Gasteiger partial charge in [0.05, 0.1) is 11.5 Å². The molecule has 0 bridgehead atoms. The van der Waals surface area contributed by atoms with Gasteiger partial charge < -0.3 is 4.57 Å². The van der Waals surface area contributed by atoms with Crippen molar-refractivity contribution in [2.24, 2.45) is 0 Å². The molecular formula is C13H13N5O2. The molecule has 3 aromatic rings. The molecule has 7 nitrogen and oxygen atoms in total. The van der Waals surface area contributed by atoms with Crippen LogP contribution in [0.5, 0.6) is 0 Å². The van der Waals surface area contributed by atoms with Crippen LogP contribution >= 0.6 is 0 Å². The minimum absolute atomic E-state index is 0.107. The largest absolute Gasteiger partial charge is 0.334 e. The Morgan fingerprint density at radius 3 is 2.95 bits per heavy atom. The molecule has 0 aliphatic rings. The molecule has 0 radical (unpaired) electrons. The van der Waals surface area contributed by atoms with Gasteiger partial charge in [-0.3, -0.25) is 10.1 Å². The van der Waals surface area contributed by atoms with Gasteiger partial charge in [-0.25, -0.2) is 9.67 Å². The highest BCUT2D eigenvalue weighted by Crippen LogP contribution is 2.26. The van der Waals surface area contributed by atoms with E-state index in [4.69, 9.17) is 0 Å². The number of aromatic nitrogens is 4. The lowest BCUT2D eigenvalue weighted by molar-refractivity contribution is -0.383. The van der Waals surface area contributed by atoms with Gasteiger partial charge in [-0.05, 0) is 13.0 Å². The fraction of sp³-hybridized carbons (Fsp3) is 0.231. The first-order chi connectivity index (χ1) is 9.70. The van der Waals surface area contributed by atoms with E-state index in [2.05, 4.69) is 10.1 Å². The second-order valence-corrected chi connectivity index (χ2v) is 4.41. The summed E-state index contributed by atoms with van der Waals surface area (Å²) in [6.07, 6.45) is 3.34. The molecule has 0 saturated carbocycles. The van der Waals surface area contributed by atoms with Crippen molar-refractivity contribution >= 4 is 16.6 Å². The molecular weight excluding hydrogens is 258 g/mol. The smallest absolute Gasteiger partial charge is 0.293 e. The van der Waals surface area contributed by atoms with E-state index in [1.54, 1.807) is 10.7 Å². The number of rotatable bonds is 4. The van der Waals surface area contributed by atoms with E-state index in [-0.39, 0.29) is 10.6 Å². The maximum absolute atomic E-state index is 11.1. The van der Waals surface area contributed by atoms with E-state index >= 15 is 0 Å². The molecule has 20 heavy (non-hydrogen) atoms. The third kappa shape index (κ3) is 1.93. The molecule has 0 spiro atoms. The summed E-state index contributed by atoms with van der Waals surface area (Å²) in [6, 6.07) is 6.95. The van der Waals surface area contributed by atoms with Crippen LogP contribution in [0.1, 0.15) is 12.7 Å². The third-order valence-corrected chi connectivity index (χ3v) is 3.27. The number of aryl methyl sites for hydroxylation is 1. The number of para-hydroxylation sites is 1. The van der Waals surface area contributed by atoms with Crippen LogP contribution in [0, 0.1) is 10.1 Å². The maximum atomic E-state index is 11.1. The topological polar surface area (TPSA) is 78.8 Å². The molecule has 0 unspecified atom stereocenters. The summed E-state index contributed by atoms with van der Waals surface area (Å²) in [5, 5.41) is 16.1. The van der Waals surface area contributed by atoms with E-state index in [1.165, 1.54) is 12.4 Å². The van der Waals surface area contributed by atoms with Gasteiger partial charge in [0.2, 0.25) is 0 Å². The zero-order valence-corrected chi connectivity index (χ0v) is 10.9. The first-order valence-corrected chi connectivity index (χ1v) is 6.29. The Morgan fingerprint density at radius 2 is 2.20 bits per heavy atom. The van der Waals surface area contributed by atoms with Crippen molar-refractivity contribution in [2.45, 2.75) is 20.0 Å².